The van der Waals surface area contributed by atoms with Crippen molar-refractivity contribution in [3.8, 4) is 5.75 Å². The van der Waals surface area contributed by atoms with Crippen LogP contribution in [0, 0.1) is 0 Å². The van der Waals surface area contributed by atoms with E-state index in [2.05, 4.69) is 15.9 Å². The number of rotatable bonds is 8. The first kappa shape index (κ1) is 24.9. The molecule has 174 valence electrons. The summed E-state index contributed by atoms with van der Waals surface area (Å²) in [6.45, 7) is 4.35. The van der Waals surface area contributed by atoms with Gasteiger partial charge in [0.15, 0.2) is 0 Å². The van der Waals surface area contributed by atoms with Crippen molar-refractivity contribution < 1.29 is 23.8 Å². The first-order valence-corrected chi connectivity index (χ1v) is 11.7. The molecule has 2 aromatic carbocycles. The molecule has 0 amide bonds. The Kier molecular flexibility index (Phi) is 8.58. The van der Waals surface area contributed by atoms with Crippen molar-refractivity contribution in [1.82, 2.24) is 4.90 Å². The lowest BCUT2D eigenvalue weighted by atomic mass is 9.83. The summed E-state index contributed by atoms with van der Waals surface area (Å²) in [6.07, 6.45) is 3.44. The Morgan fingerprint density at radius 1 is 0.970 bits per heavy atom. The van der Waals surface area contributed by atoms with Crippen LogP contribution >= 0.6 is 27.5 Å². The summed E-state index contributed by atoms with van der Waals surface area (Å²) < 4.78 is 16.7. The summed E-state index contributed by atoms with van der Waals surface area (Å²) in [5.41, 5.74) is 2.37. The van der Waals surface area contributed by atoms with Gasteiger partial charge in [-0.2, -0.15) is 0 Å². The Hall–Kier alpha value is -2.77. The third-order valence-corrected chi connectivity index (χ3v) is 5.91. The molecule has 33 heavy (non-hydrogen) atoms. The molecule has 0 atom stereocenters. The molecule has 0 aliphatic carbocycles. The van der Waals surface area contributed by atoms with Crippen LogP contribution in [0.15, 0.2) is 70.5 Å². The first-order valence-electron chi connectivity index (χ1n) is 10.5. The van der Waals surface area contributed by atoms with Gasteiger partial charge >= 0.3 is 11.9 Å². The lowest BCUT2D eigenvalue weighted by molar-refractivity contribution is -0.139. The van der Waals surface area contributed by atoms with Crippen LogP contribution < -0.4 is 4.74 Å². The minimum Gasteiger partial charge on any atom is -0.496 e. The van der Waals surface area contributed by atoms with Gasteiger partial charge in [-0.05, 0) is 65.2 Å². The van der Waals surface area contributed by atoms with Crippen LogP contribution in [0.5, 0.6) is 5.75 Å². The van der Waals surface area contributed by atoms with E-state index in [1.807, 2.05) is 24.3 Å². The normalized spacial score (nSPS) is 13.8. The van der Waals surface area contributed by atoms with E-state index in [-0.39, 0.29) is 13.2 Å². The summed E-state index contributed by atoms with van der Waals surface area (Å²) in [7, 11) is 1.57. The number of halogens is 2. The van der Waals surface area contributed by atoms with Gasteiger partial charge in [-0.25, -0.2) is 9.59 Å². The maximum absolute atomic E-state index is 13.0. The maximum atomic E-state index is 13.0. The van der Waals surface area contributed by atoms with Gasteiger partial charge in [-0.15, -0.1) is 0 Å². The largest absolute Gasteiger partial charge is 0.496 e. The summed E-state index contributed by atoms with van der Waals surface area (Å²) in [6, 6.07) is 12.8. The number of nitrogens with zero attached hydrogens (tertiary/aromatic N) is 1. The highest BCUT2D eigenvalue weighted by atomic mass is 79.9. The molecule has 0 unspecified atom stereocenters. The smallest absolute Gasteiger partial charge is 0.336 e. The molecule has 0 bridgehead atoms. The molecule has 0 spiro atoms. The van der Waals surface area contributed by atoms with Crippen LogP contribution in [0.1, 0.15) is 30.9 Å². The highest BCUT2D eigenvalue weighted by Gasteiger charge is 2.36. The fourth-order valence-corrected chi connectivity index (χ4v) is 4.28. The second-order valence-electron chi connectivity index (χ2n) is 7.24. The molecule has 2 aromatic rings. The van der Waals surface area contributed by atoms with Gasteiger partial charge in [0.05, 0.1) is 41.9 Å². The Morgan fingerprint density at radius 2 is 1.55 bits per heavy atom. The van der Waals surface area contributed by atoms with E-state index < -0.39 is 17.9 Å². The minimum absolute atomic E-state index is 0.213. The second kappa shape index (κ2) is 11.4. The van der Waals surface area contributed by atoms with Gasteiger partial charge in [-0.3, -0.25) is 0 Å². The van der Waals surface area contributed by atoms with E-state index in [1.165, 1.54) is 0 Å². The number of ether oxygens (including phenoxy) is 3. The van der Waals surface area contributed by atoms with Gasteiger partial charge in [0.25, 0.3) is 0 Å². The zero-order valence-corrected chi connectivity index (χ0v) is 21.0. The number of carbonyl (C=O) groups excluding carboxylic acids is 2. The number of benzene rings is 2. The number of methoxy groups -OCH3 is 1. The number of esters is 2. The van der Waals surface area contributed by atoms with Crippen molar-refractivity contribution in [1.29, 1.82) is 0 Å². The average Bonchev–Trinajstić information content (AvgIpc) is 2.80. The average molecular weight is 535 g/mol. The monoisotopic (exact) mass is 533 g/mol. The predicted molar refractivity (Wildman–Crippen MR) is 130 cm³/mol. The third-order valence-electron chi connectivity index (χ3n) is 5.04. The molecular formula is C25H25BrClNO5. The van der Waals surface area contributed by atoms with Gasteiger partial charge in [-0.1, -0.05) is 29.8 Å². The molecule has 0 N–H and O–H groups in total. The first-order chi connectivity index (χ1) is 15.9. The van der Waals surface area contributed by atoms with Crippen LogP contribution in [0.2, 0.25) is 5.02 Å². The van der Waals surface area contributed by atoms with E-state index in [9.17, 15) is 9.59 Å². The molecule has 3 rings (SSSR count). The Labute approximate surface area is 206 Å². The van der Waals surface area contributed by atoms with Crippen molar-refractivity contribution in [2.75, 3.05) is 20.3 Å². The molecule has 0 saturated carbocycles. The highest BCUT2D eigenvalue weighted by Crippen LogP contribution is 2.40. The van der Waals surface area contributed by atoms with Gasteiger partial charge < -0.3 is 19.1 Å². The minimum atomic E-state index is -0.660. The zero-order chi connectivity index (χ0) is 24.0. The molecule has 1 aliphatic heterocycles. The summed E-state index contributed by atoms with van der Waals surface area (Å²) in [4.78, 5) is 27.8. The summed E-state index contributed by atoms with van der Waals surface area (Å²) >= 11 is 9.50. The van der Waals surface area contributed by atoms with Crippen molar-refractivity contribution in [3.05, 3.63) is 86.6 Å². The van der Waals surface area contributed by atoms with Crippen LogP contribution in [0.25, 0.3) is 0 Å². The summed E-state index contributed by atoms with van der Waals surface area (Å²) in [5, 5.41) is 0.632. The molecule has 8 heteroatoms. The van der Waals surface area contributed by atoms with Gasteiger partial charge in [0.1, 0.15) is 5.75 Å². The second-order valence-corrected chi connectivity index (χ2v) is 8.53. The quantitative estimate of drug-likeness (QED) is 0.411. The van der Waals surface area contributed by atoms with Crippen molar-refractivity contribution in [2.45, 2.75) is 26.3 Å². The standard InChI is InChI=1S/C25H25BrClNO5/c1-4-32-24(29)19-14-28(13-16-6-9-18(27)10-7-16)15-20(25(30)33-5-2)23(19)17-8-11-22(31-3)21(26)12-17/h6-12,14-15,23H,4-5,13H2,1-3H3. The zero-order valence-electron chi connectivity index (χ0n) is 18.6. The van der Waals surface area contributed by atoms with Crippen LogP contribution in [0.3, 0.4) is 0 Å². The van der Waals surface area contributed by atoms with E-state index in [0.29, 0.717) is 32.9 Å². The molecule has 1 heterocycles. The Balaban J connectivity index is 2.09. The number of carbonyl (C=O) groups is 2. The van der Waals surface area contributed by atoms with E-state index in [4.69, 9.17) is 25.8 Å². The SMILES string of the molecule is CCOC(=O)C1=CN(Cc2ccc(Cl)cc2)C=C(C(=O)OCC)C1c1ccc(OC)c(Br)c1. The summed E-state index contributed by atoms with van der Waals surface area (Å²) in [5.74, 6) is -1.01. The van der Waals surface area contributed by atoms with Crippen molar-refractivity contribution >= 4 is 39.5 Å². The van der Waals surface area contributed by atoms with Crippen LogP contribution in [-0.2, 0) is 25.6 Å². The lowest BCUT2D eigenvalue weighted by Gasteiger charge is -2.30. The van der Waals surface area contributed by atoms with E-state index in [0.717, 1.165) is 11.1 Å². The molecule has 1 aliphatic rings. The molecule has 0 fully saturated rings. The third kappa shape index (κ3) is 5.97. The fourth-order valence-electron chi connectivity index (χ4n) is 3.59. The predicted octanol–water partition coefficient (Wildman–Crippen LogP) is 5.60. The molecule has 6 nitrogen and oxygen atoms in total. The Morgan fingerprint density at radius 3 is 2.03 bits per heavy atom. The Bertz CT molecular complexity index is 1040. The molecular weight excluding hydrogens is 510 g/mol. The number of hydrogen-bond donors (Lipinski definition) is 0. The topological polar surface area (TPSA) is 65.1 Å². The van der Waals surface area contributed by atoms with Crippen molar-refractivity contribution in [2.24, 2.45) is 0 Å². The fraction of sp³-hybridized carbons (Fsp3) is 0.280. The molecule has 0 aromatic heterocycles. The van der Waals surface area contributed by atoms with E-state index >= 15 is 0 Å². The lowest BCUT2D eigenvalue weighted by Crippen LogP contribution is -2.29. The van der Waals surface area contributed by atoms with Gasteiger partial charge in [0.2, 0.25) is 0 Å². The molecule has 0 radical (unpaired) electrons. The van der Waals surface area contributed by atoms with Crippen LogP contribution in [-0.4, -0.2) is 37.2 Å². The van der Waals surface area contributed by atoms with Gasteiger partial charge in [0, 0.05) is 24.0 Å². The number of hydrogen-bond acceptors (Lipinski definition) is 6. The molecule has 0 saturated heterocycles. The maximum Gasteiger partial charge on any atom is 0.336 e. The van der Waals surface area contributed by atoms with Crippen LogP contribution in [0.4, 0.5) is 0 Å². The van der Waals surface area contributed by atoms with E-state index in [1.54, 1.807) is 56.5 Å². The highest BCUT2D eigenvalue weighted by molar-refractivity contribution is 9.10. The van der Waals surface area contributed by atoms with Crippen molar-refractivity contribution in [3.63, 3.8) is 0 Å².